The first-order valence-electron chi connectivity index (χ1n) is 7.16. The molecule has 2 aliphatic rings. The van der Waals surface area contributed by atoms with Crippen LogP contribution in [-0.4, -0.2) is 69.3 Å². The van der Waals surface area contributed by atoms with E-state index in [4.69, 9.17) is 0 Å². The Morgan fingerprint density at radius 3 is 2.58 bits per heavy atom. The van der Waals surface area contributed by atoms with Gasteiger partial charge in [0.25, 0.3) is 0 Å². The van der Waals surface area contributed by atoms with Gasteiger partial charge >= 0.3 is 0 Å². The average Bonchev–Trinajstić information content (AvgIpc) is 3.20. The van der Waals surface area contributed by atoms with E-state index in [0.717, 1.165) is 26.2 Å². The first-order chi connectivity index (χ1) is 9.16. The molecule has 1 aliphatic heterocycles. The first kappa shape index (κ1) is 15.6. The SMILES string of the molecule is O=S(=O)(CCCNC1CC1)NCCN1CCSCC1. The van der Waals surface area contributed by atoms with Crippen LogP contribution in [0, 0.1) is 0 Å². The number of nitrogens with zero attached hydrogens (tertiary/aromatic N) is 1. The predicted octanol–water partition coefficient (Wildman–Crippen LogP) is 0.0967. The van der Waals surface area contributed by atoms with Crippen LogP contribution in [-0.2, 0) is 10.0 Å². The van der Waals surface area contributed by atoms with Crippen molar-refractivity contribution in [1.29, 1.82) is 0 Å². The van der Waals surface area contributed by atoms with Crippen LogP contribution in [0.25, 0.3) is 0 Å². The van der Waals surface area contributed by atoms with E-state index >= 15 is 0 Å². The number of nitrogens with one attached hydrogen (secondary N) is 2. The molecule has 19 heavy (non-hydrogen) atoms. The molecule has 0 aromatic heterocycles. The van der Waals surface area contributed by atoms with E-state index in [1.54, 1.807) is 0 Å². The molecule has 0 radical (unpaired) electrons. The lowest BCUT2D eigenvalue weighted by molar-refractivity contribution is 0.307. The van der Waals surface area contributed by atoms with E-state index in [9.17, 15) is 8.42 Å². The molecule has 0 aromatic carbocycles. The Labute approximate surface area is 120 Å². The van der Waals surface area contributed by atoms with Gasteiger partial charge in [0.15, 0.2) is 0 Å². The van der Waals surface area contributed by atoms with Crippen LogP contribution < -0.4 is 10.0 Å². The van der Waals surface area contributed by atoms with Gasteiger partial charge in [-0.25, -0.2) is 13.1 Å². The highest BCUT2D eigenvalue weighted by Gasteiger charge is 2.20. The highest BCUT2D eigenvalue weighted by Crippen LogP contribution is 2.18. The maximum absolute atomic E-state index is 11.8. The highest BCUT2D eigenvalue weighted by atomic mass is 32.2. The van der Waals surface area contributed by atoms with Crippen molar-refractivity contribution in [2.24, 2.45) is 0 Å². The van der Waals surface area contributed by atoms with Crippen LogP contribution in [0.4, 0.5) is 0 Å². The average molecular weight is 307 g/mol. The van der Waals surface area contributed by atoms with Crippen LogP contribution >= 0.6 is 11.8 Å². The zero-order chi connectivity index (χ0) is 13.6. The second-order valence-corrected chi connectivity index (χ2v) is 8.40. The summed E-state index contributed by atoms with van der Waals surface area (Å²) in [5, 5.41) is 3.33. The third kappa shape index (κ3) is 6.94. The second kappa shape index (κ2) is 7.83. The molecule has 0 amide bonds. The van der Waals surface area contributed by atoms with E-state index in [0.29, 0.717) is 19.0 Å². The number of rotatable bonds is 9. The lowest BCUT2D eigenvalue weighted by atomic mass is 10.4. The lowest BCUT2D eigenvalue weighted by Gasteiger charge is -2.25. The maximum atomic E-state index is 11.8. The molecule has 1 heterocycles. The summed E-state index contributed by atoms with van der Waals surface area (Å²) in [6.07, 6.45) is 3.20. The zero-order valence-electron chi connectivity index (χ0n) is 11.4. The minimum atomic E-state index is -3.08. The van der Waals surface area contributed by atoms with Gasteiger partial charge in [0, 0.05) is 43.7 Å². The summed E-state index contributed by atoms with van der Waals surface area (Å²) in [6.45, 7) is 4.35. The number of hydrogen-bond acceptors (Lipinski definition) is 5. The molecule has 2 N–H and O–H groups in total. The monoisotopic (exact) mass is 307 g/mol. The quantitative estimate of drug-likeness (QED) is 0.592. The summed E-state index contributed by atoms with van der Waals surface area (Å²) in [5.74, 6) is 2.57. The fourth-order valence-corrected chi connectivity index (χ4v) is 4.16. The summed E-state index contributed by atoms with van der Waals surface area (Å²) < 4.78 is 26.2. The summed E-state index contributed by atoms with van der Waals surface area (Å²) >= 11 is 1.97. The van der Waals surface area contributed by atoms with E-state index in [-0.39, 0.29) is 5.75 Å². The van der Waals surface area contributed by atoms with Gasteiger partial charge in [-0.3, -0.25) is 0 Å². The molecule has 0 unspecified atom stereocenters. The van der Waals surface area contributed by atoms with Crippen LogP contribution in [0.15, 0.2) is 0 Å². The van der Waals surface area contributed by atoms with E-state index in [1.165, 1.54) is 24.3 Å². The molecule has 0 spiro atoms. The van der Waals surface area contributed by atoms with Crippen molar-refractivity contribution in [3.05, 3.63) is 0 Å². The number of sulfonamides is 1. The summed E-state index contributed by atoms with van der Waals surface area (Å²) in [7, 11) is -3.08. The van der Waals surface area contributed by atoms with Crippen molar-refractivity contribution in [2.75, 3.05) is 50.0 Å². The molecule has 1 saturated carbocycles. The molecule has 2 fully saturated rings. The molecule has 5 nitrogen and oxygen atoms in total. The van der Waals surface area contributed by atoms with E-state index in [2.05, 4.69) is 14.9 Å². The van der Waals surface area contributed by atoms with Gasteiger partial charge in [-0.15, -0.1) is 0 Å². The molecular formula is C12H25N3O2S2. The standard InChI is InChI=1S/C12H25N3O2S2/c16-19(17,11-1-4-13-12-2-3-12)14-5-6-15-7-9-18-10-8-15/h12-14H,1-11H2. The summed E-state index contributed by atoms with van der Waals surface area (Å²) in [4.78, 5) is 2.33. The minimum Gasteiger partial charge on any atom is -0.314 e. The van der Waals surface area contributed by atoms with E-state index < -0.39 is 10.0 Å². The van der Waals surface area contributed by atoms with Crippen molar-refractivity contribution >= 4 is 21.8 Å². The fourth-order valence-electron chi connectivity index (χ4n) is 2.11. The molecular weight excluding hydrogens is 282 g/mol. The Bertz CT molecular complexity index is 352. The Morgan fingerprint density at radius 2 is 1.89 bits per heavy atom. The molecule has 7 heteroatoms. The van der Waals surface area contributed by atoms with Crippen LogP contribution in [0.1, 0.15) is 19.3 Å². The van der Waals surface area contributed by atoms with Crippen molar-refractivity contribution < 1.29 is 8.42 Å². The molecule has 112 valence electrons. The van der Waals surface area contributed by atoms with Gasteiger partial charge < -0.3 is 10.2 Å². The molecule has 2 rings (SSSR count). The normalized spacial score (nSPS) is 21.7. The predicted molar refractivity (Wildman–Crippen MR) is 81.2 cm³/mol. The number of hydrogen-bond donors (Lipinski definition) is 2. The first-order valence-corrected chi connectivity index (χ1v) is 9.97. The third-order valence-electron chi connectivity index (χ3n) is 3.45. The molecule has 1 saturated heterocycles. The largest absolute Gasteiger partial charge is 0.314 e. The van der Waals surface area contributed by atoms with Gasteiger partial charge in [-0.05, 0) is 25.8 Å². The Hall–Kier alpha value is 0.180. The van der Waals surface area contributed by atoms with Crippen molar-refractivity contribution in [2.45, 2.75) is 25.3 Å². The van der Waals surface area contributed by atoms with Gasteiger partial charge in [0.05, 0.1) is 5.75 Å². The molecule has 0 bridgehead atoms. The van der Waals surface area contributed by atoms with Crippen molar-refractivity contribution in [1.82, 2.24) is 14.9 Å². The van der Waals surface area contributed by atoms with Crippen LogP contribution in [0.3, 0.4) is 0 Å². The van der Waals surface area contributed by atoms with Crippen molar-refractivity contribution in [3.63, 3.8) is 0 Å². The molecule has 0 atom stereocenters. The summed E-state index contributed by atoms with van der Waals surface area (Å²) in [6, 6.07) is 0.660. The van der Waals surface area contributed by atoms with Gasteiger partial charge in [0.2, 0.25) is 10.0 Å². The Morgan fingerprint density at radius 1 is 1.16 bits per heavy atom. The van der Waals surface area contributed by atoms with Gasteiger partial charge in [-0.1, -0.05) is 0 Å². The maximum Gasteiger partial charge on any atom is 0.211 e. The Balaban J connectivity index is 1.51. The van der Waals surface area contributed by atoms with Gasteiger partial charge in [0.1, 0.15) is 0 Å². The lowest BCUT2D eigenvalue weighted by Crippen LogP contribution is -2.40. The topological polar surface area (TPSA) is 61.4 Å². The Kier molecular flexibility index (Phi) is 6.41. The van der Waals surface area contributed by atoms with Crippen LogP contribution in [0.5, 0.6) is 0 Å². The van der Waals surface area contributed by atoms with E-state index in [1.807, 2.05) is 11.8 Å². The summed E-state index contributed by atoms with van der Waals surface area (Å²) in [5.41, 5.74) is 0. The van der Waals surface area contributed by atoms with Crippen molar-refractivity contribution in [3.8, 4) is 0 Å². The zero-order valence-corrected chi connectivity index (χ0v) is 13.1. The van der Waals surface area contributed by atoms with Gasteiger partial charge in [-0.2, -0.15) is 11.8 Å². The highest BCUT2D eigenvalue weighted by molar-refractivity contribution is 7.99. The second-order valence-electron chi connectivity index (χ2n) is 5.25. The molecule has 0 aromatic rings. The number of thioether (sulfide) groups is 1. The van der Waals surface area contributed by atoms with Crippen LogP contribution in [0.2, 0.25) is 0 Å². The third-order valence-corrected chi connectivity index (χ3v) is 5.87. The fraction of sp³-hybridized carbons (Fsp3) is 1.00. The minimum absolute atomic E-state index is 0.239. The smallest absolute Gasteiger partial charge is 0.211 e. The molecule has 1 aliphatic carbocycles.